The lowest BCUT2D eigenvalue weighted by Gasteiger charge is -2.30. The number of benzene rings is 1. The number of aliphatic hydroxyl groups excluding tert-OH is 1. The van der Waals surface area contributed by atoms with Crippen LogP contribution in [0.4, 0.5) is 0 Å². The summed E-state index contributed by atoms with van der Waals surface area (Å²) in [5, 5.41) is 9.13. The molecule has 0 spiro atoms. The Balaban J connectivity index is 2.29. The number of hydrogen-bond donors (Lipinski definition) is 1. The molecule has 0 unspecified atom stereocenters. The van der Waals surface area contributed by atoms with E-state index in [0.29, 0.717) is 31.7 Å². The van der Waals surface area contributed by atoms with Gasteiger partial charge >= 0.3 is 0 Å². The molecule has 1 N–H and O–H groups in total. The van der Waals surface area contributed by atoms with E-state index >= 15 is 0 Å². The first-order valence-electron chi connectivity index (χ1n) is 6.74. The molecule has 2 rings (SSSR count). The van der Waals surface area contributed by atoms with E-state index in [1.165, 1.54) is 11.4 Å². The van der Waals surface area contributed by atoms with Crippen molar-refractivity contribution in [1.29, 1.82) is 0 Å². The van der Waals surface area contributed by atoms with Crippen LogP contribution >= 0.6 is 0 Å². The van der Waals surface area contributed by atoms with Crippen LogP contribution in [0.15, 0.2) is 23.1 Å². The first-order chi connectivity index (χ1) is 9.48. The number of piperidine rings is 1. The quantitative estimate of drug-likeness (QED) is 0.912. The van der Waals surface area contributed by atoms with Crippen molar-refractivity contribution < 1.29 is 18.3 Å². The van der Waals surface area contributed by atoms with Crippen molar-refractivity contribution in [3.63, 3.8) is 0 Å². The number of rotatable bonds is 4. The molecule has 1 fully saturated rings. The van der Waals surface area contributed by atoms with Gasteiger partial charge < -0.3 is 9.84 Å². The Kier molecular flexibility index (Phi) is 4.67. The zero-order valence-corrected chi connectivity index (χ0v) is 12.7. The van der Waals surface area contributed by atoms with Gasteiger partial charge in [-0.3, -0.25) is 0 Å². The molecule has 1 aromatic rings. The van der Waals surface area contributed by atoms with Gasteiger partial charge in [-0.05, 0) is 43.4 Å². The molecule has 0 aromatic heterocycles. The second-order valence-corrected chi connectivity index (χ2v) is 7.09. The third-order valence-corrected chi connectivity index (χ3v) is 5.69. The number of aliphatic hydroxyl groups is 1. The van der Waals surface area contributed by atoms with Crippen molar-refractivity contribution in [2.75, 3.05) is 26.8 Å². The SMILES string of the molecule is COc1ccc(C)cc1S(=O)(=O)N1CCC(CO)CC1. The van der Waals surface area contributed by atoms with Crippen LogP contribution in [0.25, 0.3) is 0 Å². The zero-order valence-electron chi connectivity index (χ0n) is 11.9. The summed E-state index contributed by atoms with van der Waals surface area (Å²) in [6, 6.07) is 5.16. The van der Waals surface area contributed by atoms with Crippen molar-refractivity contribution >= 4 is 10.0 Å². The number of sulfonamides is 1. The minimum Gasteiger partial charge on any atom is -0.495 e. The van der Waals surface area contributed by atoms with Gasteiger partial charge in [-0.25, -0.2) is 8.42 Å². The van der Waals surface area contributed by atoms with Crippen molar-refractivity contribution in [3.8, 4) is 5.75 Å². The molecule has 20 heavy (non-hydrogen) atoms. The smallest absolute Gasteiger partial charge is 0.246 e. The first-order valence-corrected chi connectivity index (χ1v) is 8.18. The van der Waals surface area contributed by atoms with Crippen LogP contribution in [0.3, 0.4) is 0 Å². The molecule has 0 saturated carbocycles. The molecule has 5 nitrogen and oxygen atoms in total. The number of methoxy groups -OCH3 is 1. The van der Waals surface area contributed by atoms with E-state index in [0.717, 1.165) is 5.56 Å². The van der Waals surface area contributed by atoms with E-state index < -0.39 is 10.0 Å². The lowest BCUT2D eigenvalue weighted by atomic mass is 10.00. The highest BCUT2D eigenvalue weighted by atomic mass is 32.2. The zero-order chi connectivity index (χ0) is 14.8. The van der Waals surface area contributed by atoms with Gasteiger partial charge in [0.1, 0.15) is 10.6 Å². The summed E-state index contributed by atoms with van der Waals surface area (Å²) in [6.07, 6.45) is 1.40. The van der Waals surface area contributed by atoms with Crippen molar-refractivity contribution in [1.82, 2.24) is 4.31 Å². The average Bonchev–Trinajstić information content (AvgIpc) is 2.47. The number of nitrogens with zero attached hydrogens (tertiary/aromatic N) is 1. The number of aryl methyl sites for hydroxylation is 1. The summed E-state index contributed by atoms with van der Waals surface area (Å²) in [6.45, 7) is 2.88. The molecular formula is C14H21NO4S. The Morgan fingerprint density at radius 3 is 2.55 bits per heavy atom. The van der Waals surface area contributed by atoms with Gasteiger partial charge in [0.05, 0.1) is 7.11 Å². The molecule has 1 aromatic carbocycles. The van der Waals surface area contributed by atoms with Gasteiger partial charge in [0.2, 0.25) is 10.0 Å². The molecule has 1 aliphatic rings. The molecule has 1 heterocycles. The Labute approximate surface area is 120 Å². The topological polar surface area (TPSA) is 66.8 Å². The van der Waals surface area contributed by atoms with E-state index in [1.807, 2.05) is 13.0 Å². The Bertz CT molecular complexity index is 563. The van der Waals surface area contributed by atoms with E-state index in [2.05, 4.69) is 0 Å². The Morgan fingerprint density at radius 2 is 2.00 bits per heavy atom. The van der Waals surface area contributed by atoms with Gasteiger partial charge in [0, 0.05) is 19.7 Å². The highest BCUT2D eigenvalue weighted by Gasteiger charge is 2.31. The molecule has 0 radical (unpaired) electrons. The normalized spacial score (nSPS) is 18.1. The fourth-order valence-electron chi connectivity index (χ4n) is 2.46. The van der Waals surface area contributed by atoms with Crippen LogP contribution < -0.4 is 4.74 Å². The van der Waals surface area contributed by atoms with Gasteiger partial charge in [-0.15, -0.1) is 0 Å². The van der Waals surface area contributed by atoms with E-state index in [9.17, 15) is 8.42 Å². The lowest BCUT2D eigenvalue weighted by molar-refractivity contribution is 0.170. The molecule has 0 bridgehead atoms. The molecule has 6 heteroatoms. The standard InChI is InChI=1S/C14H21NO4S/c1-11-3-4-13(19-2)14(9-11)20(17,18)15-7-5-12(10-16)6-8-15/h3-4,9,12,16H,5-8,10H2,1-2H3. The van der Waals surface area contributed by atoms with Crippen molar-refractivity contribution in [3.05, 3.63) is 23.8 Å². The third kappa shape index (κ3) is 2.97. The Hall–Kier alpha value is -1.11. The van der Waals surface area contributed by atoms with Crippen molar-refractivity contribution in [2.45, 2.75) is 24.7 Å². The molecule has 0 amide bonds. The van der Waals surface area contributed by atoms with E-state index in [-0.39, 0.29) is 17.4 Å². The second kappa shape index (κ2) is 6.11. The van der Waals surface area contributed by atoms with Crippen LogP contribution in [0.1, 0.15) is 18.4 Å². The molecule has 1 saturated heterocycles. The molecule has 0 aliphatic carbocycles. The van der Waals surface area contributed by atoms with Gasteiger partial charge in [-0.1, -0.05) is 6.07 Å². The van der Waals surface area contributed by atoms with Gasteiger partial charge in [0.25, 0.3) is 0 Å². The highest BCUT2D eigenvalue weighted by molar-refractivity contribution is 7.89. The summed E-state index contributed by atoms with van der Waals surface area (Å²) in [5.74, 6) is 0.584. The molecule has 0 atom stereocenters. The predicted octanol–water partition coefficient (Wildman–Crippen LogP) is 1.40. The third-order valence-electron chi connectivity index (χ3n) is 3.77. The average molecular weight is 299 g/mol. The minimum absolute atomic E-state index is 0.127. The fraction of sp³-hybridized carbons (Fsp3) is 0.571. The summed E-state index contributed by atoms with van der Waals surface area (Å²) in [4.78, 5) is 0.224. The van der Waals surface area contributed by atoms with Crippen LogP contribution in [-0.2, 0) is 10.0 Å². The van der Waals surface area contributed by atoms with Gasteiger partial charge in [0.15, 0.2) is 0 Å². The van der Waals surface area contributed by atoms with Crippen LogP contribution in [-0.4, -0.2) is 44.6 Å². The maximum atomic E-state index is 12.7. The molecule has 1 aliphatic heterocycles. The first kappa shape index (κ1) is 15.3. The summed E-state index contributed by atoms with van der Waals surface area (Å²) in [5.41, 5.74) is 0.884. The van der Waals surface area contributed by atoms with E-state index in [4.69, 9.17) is 9.84 Å². The number of ether oxygens (including phenoxy) is 1. The second-order valence-electron chi connectivity index (χ2n) is 5.18. The van der Waals surface area contributed by atoms with Crippen LogP contribution in [0.2, 0.25) is 0 Å². The minimum atomic E-state index is -3.53. The molecule has 112 valence electrons. The van der Waals surface area contributed by atoms with Crippen LogP contribution in [0, 0.1) is 12.8 Å². The summed E-state index contributed by atoms with van der Waals surface area (Å²) < 4.78 is 32.1. The lowest BCUT2D eigenvalue weighted by Crippen LogP contribution is -2.39. The summed E-state index contributed by atoms with van der Waals surface area (Å²) >= 11 is 0. The summed E-state index contributed by atoms with van der Waals surface area (Å²) in [7, 11) is -2.06. The van der Waals surface area contributed by atoms with Gasteiger partial charge in [-0.2, -0.15) is 4.31 Å². The van der Waals surface area contributed by atoms with Crippen LogP contribution in [0.5, 0.6) is 5.75 Å². The number of hydrogen-bond acceptors (Lipinski definition) is 4. The largest absolute Gasteiger partial charge is 0.495 e. The Morgan fingerprint density at radius 1 is 1.35 bits per heavy atom. The highest BCUT2D eigenvalue weighted by Crippen LogP contribution is 2.30. The maximum absolute atomic E-state index is 12.7. The van der Waals surface area contributed by atoms with Crippen molar-refractivity contribution in [2.24, 2.45) is 5.92 Å². The van der Waals surface area contributed by atoms with E-state index in [1.54, 1.807) is 12.1 Å². The monoisotopic (exact) mass is 299 g/mol. The predicted molar refractivity (Wildman–Crippen MR) is 76.3 cm³/mol. The fourth-order valence-corrected chi connectivity index (χ4v) is 4.17. The maximum Gasteiger partial charge on any atom is 0.246 e. The molecular weight excluding hydrogens is 278 g/mol.